The van der Waals surface area contributed by atoms with E-state index in [9.17, 15) is 4.79 Å². The Morgan fingerprint density at radius 3 is 2.59 bits per heavy atom. The van der Waals surface area contributed by atoms with Crippen molar-refractivity contribution in [3.8, 4) is 5.75 Å². The molecule has 152 valence electrons. The van der Waals surface area contributed by atoms with E-state index in [1.54, 1.807) is 12.0 Å². The van der Waals surface area contributed by atoms with Crippen molar-refractivity contribution in [1.29, 1.82) is 0 Å². The average Bonchev–Trinajstić information content (AvgIpc) is 2.71. The van der Waals surface area contributed by atoms with E-state index in [4.69, 9.17) is 14.2 Å². The summed E-state index contributed by atoms with van der Waals surface area (Å²) < 4.78 is 16.8. The highest BCUT2D eigenvalue weighted by Crippen LogP contribution is 2.29. The standard InChI is InChI=1S/C21H34N2O4/c1-4-23(5-2)21(24)16-27-20-15-22-12-11-19(20)17-7-9-18(10-8-17)26-14-6-13-25-3/h7-10,19-20,22H,4-6,11-16H2,1-3H3/t19?,20-/m1/s1. The van der Waals surface area contributed by atoms with Crippen LogP contribution < -0.4 is 10.1 Å². The van der Waals surface area contributed by atoms with Crippen LogP contribution in [0.2, 0.25) is 0 Å². The second-order valence-corrected chi connectivity index (χ2v) is 6.78. The van der Waals surface area contributed by atoms with Crippen LogP contribution in [0.4, 0.5) is 0 Å². The zero-order valence-electron chi connectivity index (χ0n) is 16.9. The van der Waals surface area contributed by atoms with Gasteiger partial charge >= 0.3 is 0 Å². The highest BCUT2D eigenvalue weighted by molar-refractivity contribution is 5.77. The van der Waals surface area contributed by atoms with E-state index >= 15 is 0 Å². The molecule has 1 saturated heterocycles. The van der Waals surface area contributed by atoms with Gasteiger partial charge in [-0.15, -0.1) is 0 Å². The van der Waals surface area contributed by atoms with Gasteiger partial charge in [0.15, 0.2) is 0 Å². The molecule has 27 heavy (non-hydrogen) atoms. The minimum atomic E-state index is 0.00623. The van der Waals surface area contributed by atoms with Crippen molar-refractivity contribution >= 4 is 5.91 Å². The molecule has 0 aromatic heterocycles. The van der Waals surface area contributed by atoms with Crippen molar-refractivity contribution in [2.45, 2.75) is 38.7 Å². The van der Waals surface area contributed by atoms with Crippen LogP contribution in [0.3, 0.4) is 0 Å². The Balaban J connectivity index is 1.91. The van der Waals surface area contributed by atoms with Crippen LogP contribution in [-0.4, -0.2) is 70.0 Å². The van der Waals surface area contributed by atoms with E-state index in [1.807, 2.05) is 26.0 Å². The lowest BCUT2D eigenvalue weighted by atomic mass is 9.87. The molecule has 1 heterocycles. The molecule has 0 radical (unpaired) electrons. The highest BCUT2D eigenvalue weighted by Gasteiger charge is 2.28. The molecule has 1 unspecified atom stereocenters. The van der Waals surface area contributed by atoms with Gasteiger partial charge in [-0.3, -0.25) is 4.79 Å². The molecule has 2 rings (SSSR count). The van der Waals surface area contributed by atoms with Crippen molar-refractivity contribution in [3.63, 3.8) is 0 Å². The number of benzene rings is 1. The zero-order valence-corrected chi connectivity index (χ0v) is 16.9. The highest BCUT2D eigenvalue weighted by atomic mass is 16.5. The fraction of sp³-hybridized carbons (Fsp3) is 0.667. The van der Waals surface area contributed by atoms with Crippen LogP contribution in [0.1, 0.15) is 38.2 Å². The number of methoxy groups -OCH3 is 1. The van der Waals surface area contributed by atoms with Crippen LogP contribution in [-0.2, 0) is 14.3 Å². The van der Waals surface area contributed by atoms with E-state index in [1.165, 1.54) is 5.56 Å². The maximum atomic E-state index is 12.2. The van der Waals surface area contributed by atoms with Crippen molar-refractivity contribution in [3.05, 3.63) is 29.8 Å². The quantitative estimate of drug-likeness (QED) is 0.599. The number of nitrogens with one attached hydrogen (secondary N) is 1. The fourth-order valence-corrected chi connectivity index (χ4v) is 3.44. The smallest absolute Gasteiger partial charge is 0.248 e. The number of likely N-dealkylation sites (N-methyl/N-ethyl adjacent to an activating group) is 1. The maximum Gasteiger partial charge on any atom is 0.248 e. The van der Waals surface area contributed by atoms with E-state index in [0.717, 1.165) is 44.8 Å². The molecule has 1 N–H and O–H groups in total. The number of hydrogen-bond acceptors (Lipinski definition) is 5. The van der Waals surface area contributed by atoms with Gasteiger partial charge in [0.05, 0.1) is 12.7 Å². The Hall–Kier alpha value is -1.63. The first-order chi connectivity index (χ1) is 13.2. The van der Waals surface area contributed by atoms with Crippen molar-refractivity contribution in [2.75, 3.05) is 53.1 Å². The summed E-state index contributed by atoms with van der Waals surface area (Å²) in [5, 5.41) is 3.38. The first-order valence-corrected chi connectivity index (χ1v) is 10.0. The Morgan fingerprint density at radius 1 is 1.19 bits per heavy atom. The summed E-state index contributed by atoms with van der Waals surface area (Å²) in [6.07, 6.45) is 1.88. The number of carbonyl (C=O) groups excluding carboxylic acids is 1. The van der Waals surface area contributed by atoms with Gasteiger partial charge in [0.2, 0.25) is 5.91 Å². The molecule has 1 aromatic rings. The van der Waals surface area contributed by atoms with Crippen LogP contribution in [0.5, 0.6) is 5.75 Å². The van der Waals surface area contributed by atoms with Gasteiger partial charge < -0.3 is 24.4 Å². The second-order valence-electron chi connectivity index (χ2n) is 6.78. The van der Waals surface area contributed by atoms with Crippen molar-refractivity contribution in [1.82, 2.24) is 10.2 Å². The number of ether oxygens (including phenoxy) is 3. The molecule has 2 atom stereocenters. The topological polar surface area (TPSA) is 60.0 Å². The van der Waals surface area contributed by atoms with Gasteiger partial charge in [0.1, 0.15) is 12.4 Å². The molecule has 1 aliphatic rings. The second kappa shape index (κ2) is 12.0. The molecular formula is C21H34N2O4. The number of piperidine rings is 1. The molecule has 1 amide bonds. The lowest BCUT2D eigenvalue weighted by Gasteiger charge is -2.33. The van der Waals surface area contributed by atoms with Crippen LogP contribution >= 0.6 is 0 Å². The van der Waals surface area contributed by atoms with Gasteiger partial charge in [-0.1, -0.05) is 12.1 Å². The molecule has 1 fully saturated rings. The first-order valence-electron chi connectivity index (χ1n) is 10.0. The minimum Gasteiger partial charge on any atom is -0.494 e. The predicted molar refractivity (Wildman–Crippen MR) is 106 cm³/mol. The largest absolute Gasteiger partial charge is 0.494 e. The SMILES string of the molecule is CCN(CC)C(=O)CO[C@@H]1CNCCC1c1ccc(OCCCOC)cc1. The third kappa shape index (κ3) is 6.79. The van der Waals surface area contributed by atoms with E-state index < -0.39 is 0 Å². The van der Waals surface area contributed by atoms with Crippen LogP contribution in [0.25, 0.3) is 0 Å². The fourth-order valence-electron chi connectivity index (χ4n) is 3.44. The van der Waals surface area contributed by atoms with E-state index in [0.29, 0.717) is 19.1 Å². The average molecular weight is 379 g/mol. The molecule has 0 bridgehead atoms. The normalized spacial score (nSPS) is 19.7. The monoisotopic (exact) mass is 378 g/mol. The van der Waals surface area contributed by atoms with Gasteiger partial charge in [-0.2, -0.15) is 0 Å². The summed E-state index contributed by atoms with van der Waals surface area (Å²) in [5.41, 5.74) is 1.24. The minimum absolute atomic E-state index is 0.00623. The molecular weight excluding hydrogens is 344 g/mol. The maximum absolute atomic E-state index is 12.2. The van der Waals surface area contributed by atoms with Crippen LogP contribution in [0, 0.1) is 0 Å². The van der Waals surface area contributed by atoms with Gasteiger partial charge in [0.25, 0.3) is 0 Å². The molecule has 6 heteroatoms. The number of hydrogen-bond donors (Lipinski definition) is 1. The van der Waals surface area contributed by atoms with Crippen LogP contribution in [0.15, 0.2) is 24.3 Å². The summed E-state index contributed by atoms with van der Waals surface area (Å²) in [7, 11) is 1.70. The molecule has 0 saturated carbocycles. The number of amides is 1. The summed E-state index contributed by atoms with van der Waals surface area (Å²) in [5.74, 6) is 1.22. The van der Waals surface area contributed by atoms with Gasteiger partial charge in [-0.25, -0.2) is 0 Å². The predicted octanol–water partition coefficient (Wildman–Crippen LogP) is 2.43. The van der Waals surface area contributed by atoms with E-state index in [-0.39, 0.29) is 18.6 Å². The van der Waals surface area contributed by atoms with Gasteiger partial charge in [-0.05, 0) is 44.5 Å². The molecule has 1 aromatic carbocycles. The Morgan fingerprint density at radius 2 is 1.93 bits per heavy atom. The zero-order chi connectivity index (χ0) is 19.5. The molecule has 0 aliphatic carbocycles. The molecule has 0 spiro atoms. The number of carbonyl (C=O) groups is 1. The van der Waals surface area contributed by atoms with Crippen molar-refractivity contribution in [2.24, 2.45) is 0 Å². The molecule has 6 nitrogen and oxygen atoms in total. The summed E-state index contributed by atoms with van der Waals surface area (Å²) in [6.45, 7) is 8.66. The van der Waals surface area contributed by atoms with Crippen molar-refractivity contribution < 1.29 is 19.0 Å². The number of rotatable bonds is 11. The number of nitrogens with zero attached hydrogens (tertiary/aromatic N) is 1. The lowest BCUT2D eigenvalue weighted by Crippen LogP contribution is -2.43. The van der Waals surface area contributed by atoms with E-state index in [2.05, 4.69) is 17.4 Å². The first kappa shape index (κ1) is 21.7. The Kier molecular flexibility index (Phi) is 9.59. The third-order valence-electron chi connectivity index (χ3n) is 5.03. The Bertz CT molecular complexity index is 546. The van der Waals surface area contributed by atoms with Gasteiger partial charge in [0, 0.05) is 45.7 Å². The summed E-state index contributed by atoms with van der Waals surface area (Å²) in [4.78, 5) is 14.0. The third-order valence-corrected chi connectivity index (χ3v) is 5.03. The lowest BCUT2D eigenvalue weighted by molar-refractivity contribution is -0.138. The summed E-state index contributed by atoms with van der Waals surface area (Å²) >= 11 is 0. The Labute approximate surface area is 163 Å². The summed E-state index contributed by atoms with van der Waals surface area (Å²) in [6, 6.07) is 8.26. The molecule has 1 aliphatic heterocycles.